The van der Waals surface area contributed by atoms with E-state index in [0.29, 0.717) is 21.9 Å². The van der Waals surface area contributed by atoms with Gasteiger partial charge in [0.05, 0.1) is 0 Å². The molecule has 0 heterocycles. The second-order valence-electron chi connectivity index (χ2n) is 3.30. The van der Waals surface area contributed by atoms with Gasteiger partial charge in [-0.25, -0.2) is 0 Å². The maximum Gasteiger partial charge on any atom is 0.244 e. The summed E-state index contributed by atoms with van der Waals surface area (Å²) in [6.45, 7) is 0. The molecule has 0 bridgehead atoms. The second-order valence-corrected chi connectivity index (χ2v) is 3.30. The van der Waals surface area contributed by atoms with Crippen molar-refractivity contribution in [3.05, 3.63) is 59.8 Å². The Kier molecular flexibility index (Phi) is 2.82. The molecule has 4 heteroatoms. The fourth-order valence-corrected chi connectivity index (χ4v) is 1.26. The lowest BCUT2D eigenvalue weighted by molar-refractivity contribution is -0.435. The van der Waals surface area contributed by atoms with Crippen LogP contribution in [0.25, 0.3) is 0 Å². The maximum atomic E-state index is 11.6. The lowest BCUT2D eigenvalue weighted by atomic mass is 10.3. The Balaban J connectivity index is 2.28. The molecule has 0 spiro atoms. The highest BCUT2D eigenvalue weighted by molar-refractivity contribution is 5.47. The maximum absolute atomic E-state index is 11.6. The normalized spacial score (nSPS) is 11.4. The first-order valence-corrected chi connectivity index (χ1v) is 4.85. The molecule has 0 aliphatic heterocycles. The van der Waals surface area contributed by atoms with E-state index in [4.69, 9.17) is 5.73 Å². The lowest BCUT2D eigenvalue weighted by Crippen LogP contribution is -1.89. The zero-order chi connectivity index (χ0) is 11.4. The zero-order valence-electron chi connectivity index (χ0n) is 8.58. The molecule has 0 aliphatic carbocycles. The number of benzene rings is 2. The third-order valence-electron chi connectivity index (χ3n) is 2.08. The standard InChI is InChI=1S/C12H11N3O/c13-10-6-8-11(9-7-10)14-15(16)12-4-2-1-3-5-12/h1-9H,13H2. The van der Waals surface area contributed by atoms with Crippen LogP contribution in [-0.2, 0) is 0 Å². The van der Waals surface area contributed by atoms with E-state index in [1.165, 1.54) is 0 Å². The zero-order valence-corrected chi connectivity index (χ0v) is 8.58. The van der Waals surface area contributed by atoms with Gasteiger partial charge in [-0.15, -0.1) is 0 Å². The third-order valence-corrected chi connectivity index (χ3v) is 2.08. The summed E-state index contributed by atoms with van der Waals surface area (Å²) < 4.78 is 0. The molecule has 0 aliphatic rings. The van der Waals surface area contributed by atoms with E-state index in [0.717, 1.165) is 0 Å². The van der Waals surface area contributed by atoms with Crippen molar-refractivity contribution in [1.82, 2.24) is 0 Å². The molecule has 0 atom stereocenters. The number of hydrogen-bond donors (Lipinski definition) is 1. The number of hydrogen-bond acceptors (Lipinski definition) is 3. The molecular formula is C12H11N3O. The van der Waals surface area contributed by atoms with Crippen LogP contribution >= 0.6 is 0 Å². The van der Waals surface area contributed by atoms with Crippen LogP contribution in [0.2, 0.25) is 0 Å². The Labute approximate surface area is 93.2 Å². The first-order valence-electron chi connectivity index (χ1n) is 4.85. The van der Waals surface area contributed by atoms with E-state index in [1.807, 2.05) is 6.07 Å². The number of rotatable bonds is 2. The first kappa shape index (κ1) is 10.2. The highest BCUT2D eigenvalue weighted by atomic mass is 16.5. The van der Waals surface area contributed by atoms with Gasteiger partial charge in [-0.1, -0.05) is 23.1 Å². The number of nitrogen functional groups attached to an aromatic ring is 1. The van der Waals surface area contributed by atoms with E-state index < -0.39 is 0 Å². The molecule has 0 radical (unpaired) electrons. The van der Waals surface area contributed by atoms with Crippen molar-refractivity contribution in [2.24, 2.45) is 5.11 Å². The van der Waals surface area contributed by atoms with Gasteiger partial charge >= 0.3 is 0 Å². The molecule has 0 unspecified atom stereocenters. The molecule has 2 aromatic rings. The molecule has 0 saturated carbocycles. The van der Waals surface area contributed by atoms with Gasteiger partial charge in [-0.2, -0.15) is 0 Å². The van der Waals surface area contributed by atoms with Crippen LogP contribution < -0.4 is 5.73 Å². The van der Waals surface area contributed by atoms with Gasteiger partial charge in [0.25, 0.3) is 0 Å². The molecule has 4 nitrogen and oxygen atoms in total. The molecule has 2 N–H and O–H groups in total. The minimum Gasteiger partial charge on any atom is -0.594 e. The Morgan fingerprint density at radius 1 is 0.938 bits per heavy atom. The van der Waals surface area contributed by atoms with Crippen molar-refractivity contribution in [2.75, 3.05) is 5.73 Å². The van der Waals surface area contributed by atoms with E-state index >= 15 is 0 Å². The summed E-state index contributed by atoms with van der Waals surface area (Å²) in [5.74, 6) is 0. The number of para-hydroxylation sites is 1. The fourth-order valence-electron chi connectivity index (χ4n) is 1.26. The van der Waals surface area contributed by atoms with Crippen molar-refractivity contribution >= 4 is 17.1 Å². The third kappa shape index (κ3) is 2.36. The Hall–Kier alpha value is -2.36. The van der Waals surface area contributed by atoms with Crippen molar-refractivity contribution in [3.8, 4) is 0 Å². The molecule has 0 aromatic heterocycles. The molecular weight excluding hydrogens is 202 g/mol. The van der Waals surface area contributed by atoms with Gasteiger partial charge in [-0.05, 0) is 24.3 Å². The second kappa shape index (κ2) is 4.44. The summed E-state index contributed by atoms with van der Waals surface area (Å²) in [6, 6.07) is 15.6. The summed E-state index contributed by atoms with van der Waals surface area (Å²) in [5.41, 5.74) is 7.26. The summed E-state index contributed by atoms with van der Waals surface area (Å²) in [6.07, 6.45) is 0. The van der Waals surface area contributed by atoms with Crippen LogP contribution in [0.15, 0.2) is 59.7 Å². The van der Waals surface area contributed by atoms with Crippen LogP contribution in [0.1, 0.15) is 0 Å². The molecule has 2 rings (SSSR count). The summed E-state index contributed by atoms with van der Waals surface area (Å²) in [4.78, 5) is 0.589. The topological polar surface area (TPSA) is 64.4 Å². The van der Waals surface area contributed by atoms with Crippen molar-refractivity contribution in [3.63, 3.8) is 0 Å². The number of azo groups is 1. The van der Waals surface area contributed by atoms with Crippen LogP contribution in [0, 0.1) is 5.21 Å². The van der Waals surface area contributed by atoms with E-state index in [9.17, 15) is 5.21 Å². The molecule has 80 valence electrons. The number of nitrogens with two attached hydrogens (primary N) is 1. The average Bonchev–Trinajstić information content (AvgIpc) is 2.33. The van der Waals surface area contributed by atoms with E-state index in [-0.39, 0.29) is 0 Å². The van der Waals surface area contributed by atoms with Gasteiger partial charge in [0.2, 0.25) is 5.69 Å². The Morgan fingerprint density at radius 3 is 2.19 bits per heavy atom. The number of nitrogens with zero attached hydrogens (tertiary/aromatic N) is 2. The summed E-state index contributed by atoms with van der Waals surface area (Å²) in [5, 5.41) is 15.5. The van der Waals surface area contributed by atoms with Crippen molar-refractivity contribution in [1.29, 1.82) is 0 Å². The van der Waals surface area contributed by atoms with Crippen LogP contribution in [0.3, 0.4) is 0 Å². The van der Waals surface area contributed by atoms with Gasteiger partial charge in [0, 0.05) is 22.9 Å². The lowest BCUT2D eigenvalue weighted by Gasteiger charge is -1.99. The Bertz CT molecular complexity index is 491. The summed E-state index contributed by atoms with van der Waals surface area (Å²) >= 11 is 0. The molecule has 0 saturated heterocycles. The van der Waals surface area contributed by atoms with Crippen LogP contribution in [-0.4, -0.2) is 4.86 Å². The molecule has 16 heavy (non-hydrogen) atoms. The fraction of sp³-hybridized carbons (Fsp3) is 0. The highest BCUT2D eigenvalue weighted by Crippen LogP contribution is 2.18. The predicted octanol–water partition coefficient (Wildman–Crippen LogP) is 3.19. The minimum absolute atomic E-state index is 0.499. The van der Waals surface area contributed by atoms with Gasteiger partial charge in [-0.3, -0.25) is 0 Å². The highest BCUT2D eigenvalue weighted by Gasteiger charge is 2.01. The SMILES string of the molecule is Nc1ccc(N=[N+]([O-])c2ccccc2)cc1. The first-order chi connectivity index (χ1) is 7.75. The van der Waals surface area contributed by atoms with Gasteiger partial charge in [0.1, 0.15) is 5.69 Å². The number of anilines is 1. The summed E-state index contributed by atoms with van der Waals surface area (Å²) in [7, 11) is 0. The average molecular weight is 213 g/mol. The van der Waals surface area contributed by atoms with Gasteiger partial charge < -0.3 is 10.9 Å². The smallest absolute Gasteiger partial charge is 0.244 e. The predicted molar refractivity (Wildman–Crippen MR) is 62.7 cm³/mol. The monoisotopic (exact) mass is 213 g/mol. The van der Waals surface area contributed by atoms with Gasteiger partial charge in [0.15, 0.2) is 0 Å². The van der Waals surface area contributed by atoms with E-state index in [1.54, 1.807) is 48.5 Å². The minimum atomic E-state index is 0.499. The molecule has 2 aromatic carbocycles. The quantitative estimate of drug-likeness (QED) is 0.360. The largest absolute Gasteiger partial charge is 0.594 e. The Morgan fingerprint density at radius 2 is 1.56 bits per heavy atom. The molecule has 0 fully saturated rings. The molecule has 0 amide bonds. The van der Waals surface area contributed by atoms with Crippen molar-refractivity contribution in [2.45, 2.75) is 0 Å². The van der Waals surface area contributed by atoms with Crippen molar-refractivity contribution < 1.29 is 4.86 Å². The van der Waals surface area contributed by atoms with Crippen LogP contribution in [0.4, 0.5) is 17.1 Å². The van der Waals surface area contributed by atoms with Crippen LogP contribution in [0.5, 0.6) is 0 Å². The van der Waals surface area contributed by atoms with E-state index in [2.05, 4.69) is 5.11 Å².